The van der Waals surface area contributed by atoms with Crippen molar-refractivity contribution in [1.82, 2.24) is 0 Å². The van der Waals surface area contributed by atoms with Crippen molar-refractivity contribution < 1.29 is 43.9 Å². The quantitative estimate of drug-likeness (QED) is 0.0698. The molecule has 0 saturated carbocycles. The fraction of sp³-hybridized carbons (Fsp3) is 0.0227. The first kappa shape index (κ1) is 86.3. The molecule has 0 saturated heterocycles. The van der Waals surface area contributed by atoms with Gasteiger partial charge in [0.2, 0.25) is 45.5 Å². The molecule has 0 radical (unpaired) electrons. The fourth-order valence-corrected chi connectivity index (χ4v) is 12.3. The van der Waals surface area contributed by atoms with Gasteiger partial charge in [-0.3, -0.25) is 0 Å². The number of anilines is 3. The Morgan fingerprint density at radius 3 is 0.692 bits per heavy atom. The summed E-state index contributed by atoms with van der Waals surface area (Å²) in [7, 11) is 0. The fourth-order valence-electron chi connectivity index (χ4n) is 11.3. The molecule has 0 unspecified atom stereocenters. The van der Waals surface area contributed by atoms with E-state index in [2.05, 4.69) is 38.8 Å². The van der Waals surface area contributed by atoms with Crippen LogP contribution >= 0.6 is 11.8 Å². The van der Waals surface area contributed by atoms with Crippen molar-refractivity contribution in [3.05, 3.63) is 379 Å². The van der Waals surface area contributed by atoms with Gasteiger partial charge < -0.3 is 4.90 Å². The molecular formula is C88H27F10N21S. The van der Waals surface area contributed by atoms with Crippen molar-refractivity contribution in [2.75, 3.05) is 4.90 Å². The maximum Gasteiger partial charge on any atom is 0.225 e. The maximum atomic E-state index is 14.5. The highest BCUT2D eigenvalue weighted by Crippen LogP contribution is 2.47. The number of nitriles is 12. The van der Waals surface area contributed by atoms with Crippen LogP contribution in [0.5, 0.6) is 0 Å². The van der Waals surface area contributed by atoms with E-state index >= 15 is 0 Å². The summed E-state index contributed by atoms with van der Waals surface area (Å²) >= 11 is 1.00. The van der Waals surface area contributed by atoms with Crippen LogP contribution in [0.25, 0.3) is 61.0 Å². The molecule has 21 nitrogen and oxygen atoms in total. The number of benzene rings is 11. The second-order valence-electron chi connectivity index (χ2n) is 23.8. The Balaban J connectivity index is 0.000000201. The smallest absolute Gasteiger partial charge is 0.225 e. The summed E-state index contributed by atoms with van der Waals surface area (Å²) in [6.45, 7) is 58.4. The molecule has 11 aromatic carbocycles. The number of rotatable bonds is 10. The number of halogens is 10. The molecule has 0 amide bonds. The monoisotopic (exact) mass is 1600 g/mol. The van der Waals surface area contributed by atoms with Gasteiger partial charge in [-0.25, -0.2) is 82.7 Å². The van der Waals surface area contributed by atoms with Gasteiger partial charge >= 0.3 is 0 Å². The minimum Gasteiger partial charge on any atom is -0.313 e. The lowest BCUT2D eigenvalue weighted by Gasteiger charge is -2.33. The van der Waals surface area contributed by atoms with Crippen molar-refractivity contribution >= 4 is 74.3 Å². The highest BCUT2D eigenvalue weighted by molar-refractivity contribution is 7.99. The van der Waals surface area contributed by atoms with Crippen LogP contribution in [0.15, 0.2) is 155 Å². The average molecular weight is 1600 g/mol. The first-order chi connectivity index (χ1) is 57.6. The van der Waals surface area contributed by atoms with E-state index in [1.807, 2.05) is 0 Å². The molecule has 0 aliphatic rings. The van der Waals surface area contributed by atoms with Crippen molar-refractivity contribution in [2.45, 2.75) is 22.1 Å². The zero-order valence-corrected chi connectivity index (χ0v) is 60.8. The third kappa shape index (κ3) is 17.4. The summed E-state index contributed by atoms with van der Waals surface area (Å²) in [5.41, 5.74) is -7.47. The Kier molecular flexibility index (Phi) is 27.0. The SMILES string of the molecule is [C-]#[N+]c1cc(-c2ccc(-c3cc(C#N)c(F)c([N+]#[C-])c3)cc2)cc(C#N)c1F.[C-]#[N+]c1cc(C(C)(c2cc(C#N)c(F)c(C#N)c2)c2cc(C#N)c(F)c([N+]#[C-])c2)cc(C#N)c1F.[C-]#[N+]c1cc(N(c2cc(C#N)c(F)c(C#N)c2)c2cc(C#N)c(F)c([N+]#[C-])c2)cc(C#N)c1F.[C-]#[N+]c1cc(Sc2cc(C#N)c(F)c([N+]#[C-])c2)cc(C#N)c1F. The van der Waals surface area contributed by atoms with Crippen molar-refractivity contribution in [2.24, 2.45) is 0 Å². The van der Waals surface area contributed by atoms with E-state index in [0.717, 1.165) is 89.5 Å². The van der Waals surface area contributed by atoms with Gasteiger partial charge in [-0.2, -0.15) is 63.1 Å². The summed E-state index contributed by atoms with van der Waals surface area (Å²) < 4.78 is 142. The first-order valence-electron chi connectivity index (χ1n) is 32.3. The topological polar surface area (TPSA) is 324 Å². The lowest BCUT2D eigenvalue weighted by Crippen LogP contribution is -2.26. The normalized spacial score (nSPS) is 9.66. The van der Waals surface area contributed by atoms with Crippen LogP contribution in [-0.4, -0.2) is 0 Å². The molecule has 0 heterocycles. The van der Waals surface area contributed by atoms with Crippen LogP contribution in [0.1, 0.15) is 90.4 Å². The molecule has 32 heteroatoms. The van der Waals surface area contributed by atoms with Crippen LogP contribution in [0.2, 0.25) is 0 Å². The Morgan fingerprint density at radius 1 is 0.242 bits per heavy atom. The van der Waals surface area contributed by atoms with Crippen molar-refractivity contribution in [3.63, 3.8) is 0 Å². The molecule has 0 aliphatic carbocycles. The second kappa shape index (κ2) is 37.6. The van der Waals surface area contributed by atoms with E-state index < -0.39 is 131 Å². The highest BCUT2D eigenvalue weighted by Gasteiger charge is 2.36. The lowest BCUT2D eigenvalue weighted by atomic mass is 9.69. The zero-order valence-electron chi connectivity index (χ0n) is 59.9. The number of hydrogen-bond donors (Lipinski definition) is 0. The molecule has 11 rings (SSSR count). The minimum atomic E-state index is -1.59. The molecular weight excluding hydrogens is 1570 g/mol. The van der Waals surface area contributed by atoms with Gasteiger partial charge in [-0.05, 0) is 167 Å². The molecule has 11 aromatic rings. The molecule has 0 bridgehead atoms. The Bertz CT molecular complexity index is 6300. The van der Waals surface area contributed by atoms with Gasteiger partial charge in [0.1, 0.15) is 119 Å². The molecule has 0 atom stereocenters. The van der Waals surface area contributed by atoms with E-state index in [9.17, 15) is 86.0 Å². The largest absolute Gasteiger partial charge is 0.313 e. The van der Waals surface area contributed by atoms with E-state index in [1.54, 1.807) is 97.1 Å². The van der Waals surface area contributed by atoms with Gasteiger partial charge in [0.15, 0.2) is 11.6 Å². The molecule has 0 aliphatic heterocycles. The van der Waals surface area contributed by atoms with Crippen LogP contribution in [0.3, 0.4) is 0 Å². The van der Waals surface area contributed by atoms with Gasteiger partial charge in [-0.1, -0.05) is 36.0 Å². The van der Waals surface area contributed by atoms with Crippen LogP contribution in [0.4, 0.5) is 106 Å². The summed E-state index contributed by atoms with van der Waals surface area (Å²) in [6, 6.07) is 50.0. The van der Waals surface area contributed by atoms with E-state index in [0.29, 0.717) is 32.0 Å². The standard InChI is InChI=1S/C26H9F3N6.C24H6F3N7.C22H8F2N4.C16H4F2N4S/c1-26(18-4-14(10-30)23(27)15(5-18)11-31,19-6-16(12-32)24(28)21(8-19)34-2)20-7-17(13-33)25(29)22(9-20)35-3;1-32-20-7-18(5-15(11-30)23(20)26)34(17-3-13(9-28)22(25)14(4-17)10-29)19-6-16(12-31)24(27)21(8-19)33-2;1-27-19-9-15(7-17(11-25)21(19)23)13-3-5-14(6-4-13)16-8-18(12-26)22(24)20(10-16)28-2;1-21-13-5-11(3-9(7-19)15(13)17)23-12-4-10(8-20)16(18)14(6-12)22-2/h4-9H,1H3;3-8H;3-10H;3-6H. The van der Waals surface area contributed by atoms with E-state index in [-0.39, 0.29) is 78.8 Å². The molecule has 0 spiro atoms. The third-order valence-electron chi connectivity index (χ3n) is 17.2. The van der Waals surface area contributed by atoms with Gasteiger partial charge in [0.05, 0.1) is 119 Å². The van der Waals surface area contributed by atoms with E-state index in [4.69, 9.17) is 73.6 Å². The molecule has 0 N–H and O–H groups in total. The van der Waals surface area contributed by atoms with E-state index in [1.165, 1.54) is 55.5 Å². The third-order valence-corrected chi connectivity index (χ3v) is 18.1. The Labute approximate surface area is 678 Å². The highest BCUT2D eigenvalue weighted by atomic mass is 32.2. The average Bonchev–Trinajstić information content (AvgIpc) is 0.738. The first-order valence-corrected chi connectivity index (χ1v) is 33.2. The summed E-state index contributed by atoms with van der Waals surface area (Å²) in [5.74, 6) is -9.97. The summed E-state index contributed by atoms with van der Waals surface area (Å²) in [5, 5.41) is 111. The minimum absolute atomic E-state index is 0.0604. The lowest BCUT2D eigenvalue weighted by molar-refractivity contribution is 0.610. The van der Waals surface area contributed by atoms with Crippen LogP contribution in [0, 0.1) is 247 Å². The van der Waals surface area contributed by atoms with Gasteiger partial charge in [0, 0.05) is 32.3 Å². The van der Waals surface area contributed by atoms with Crippen molar-refractivity contribution in [1.29, 1.82) is 63.1 Å². The molecule has 560 valence electrons. The predicted molar refractivity (Wildman–Crippen MR) is 407 cm³/mol. The molecule has 120 heavy (non-hydrogen) atoms. The maximum absolute atomic E-state index is 14.5. The Hall–Kier alpha value is -19.3. The zero-order chi connectivity index (χ0) is 88.1. The Morgan fingerprint density at radius 2 is 0.433 bits per heavy atom. The summed E-state index contributed by atoms with van der Waals surface area (Å²) in [6.07, 6.45) is 0. The molecule has 0 fully saturated rings. The van der Waals surface area contributed by atoms with Gasteiger partial charge in [0.25, 0.3) is 0 Å². The van der Waals surface area contributed by atoms with Crippen LogP contribution < -0.4 is 4.90 Å². The second-order valence-corrected chi connectivity index (χ2v) is 25.0. The molecule has 0 aromatic heterocycles. The van der Waals surface area contributed by atoms with Crippen LogP contribution in [-0.2, 0) is 5.41 Å². The number of nitrogens with zero attached hydrogens (tertiary/aromatic N) is 21. The van der Waals surface area contributed by atoms with Crippen molar-refractivity contribution in [3.8, 4) is 95.1 Å². The summed E-state index contributed by atoms with van der Waals surface area (Å²) in [4.78, 5) is 26.4. The van der Waals surface area contributed by atoms with Gasteiger partial charge in [-0.15, -0.1) is 0 Å². The predicted octanol–water partition coefficient (Wildman–Crippen LogP) is 23.3. The number of hydrogen-bond acceptors (Lipinski definition) is 14.